The van der Waals surface area contributed by atoms with Gasteiger partial charge in [-0.15, -0.1) is 0 Å². The highest BCUT2D eigenvalue weighted by atomic mass is 16.6. The highest BCUT2D eigenvalue weighted by Gasteiger charge is 2.15. The molecule has 5 aromatic rings. The minimum atomic E-state index is -0.659. The van der Waals surface area contributed by atoms with E-state index in [-0.39, 0.29) is 34.1 Å². The van der Waals surface area contributed by atoms with Gasteiger partial charge in [0.2, 0.25) is 0 Å². The second-order valence-electron chi connectivity index (χ2n) is 16.5. The first-order valence-electron chi connectivity index (χ1n) is 24.0. The number of benzene rings is 5. The van der Waals surface area contributed by atoms with Gasteiger partial charge in [-0.2, -0.15) is 0 Å². The zero-order valence-electron chi connectivity index (χ0n) is 38.8. The zero-order valence-corrected chi connectivity index (χ0v) is 38.8. The predicted octanol–water partition coefficient (Wildman–Crippen LogP) is 14.4. The van der Waals surface area contributed by atoms with Crippen LogP contribution in [0.5, 0.6) is 34.5 Å². The number of ether oxygens (including phenoxy) is 6. The summed E-state index contributed by atoms with van der Waals surface area (Å²) in [4.78, 5) is 51.5. The molecule has 0 saturated carbocycles. The standard InChI is InChI=1S/C56H66O10/c1-3-5-7-9-11-13-15-17-19-40-61-47-32-24-43(25-33-47)53(57)63-49-36-28-45(29-37-49)55(59)65-51-22-21-23-52(42-51)66-56(60)46-30-38-50(39-31-46)64-54(58)44-26-34-48(35-27-44)62-41-20-18-16-14-12-10-8-6-4-2/h21-39,42H,3-20,40-41H2,1-2H3. The number of carbonyl (C=O) groups excluding carboxylic acids is 4. The first-order chi connectivity index (χ1) is 32.3. The maximum atomic E-state index is 13.0. The summed E-state index contributed by atoms with van der Waals surface area (Å²) in [7, 11) is 0. The van der Waals surface area contributed by atoms with Crippen LogP contribution in [0.2, 0.25) is 0 Å². The Bertz CT molecular complexity index is 2040. The molecule has 0 amide bonds. The van der Waals surface area contributed by atoms with Crippen LogP contribution < -0.4 is 28.4 Å². The average Bonchev–Trinajstić information content (AvgIpc) is 3.33. The van der Waals surface area contributed by atoms with E-state index in [0.29, 0.717) is 35.8 Å². The summed E-state index contributed by atoms with van der Waals surface area (Å²) in [5, 5.41) is 0. The van der Waals surface area contributed by atoms with Crippen molar-refractivity contribution in [2.45, 2.75) is 129 Å². The Kier molecular flexibility index (Phi) is 22.4. The van der Waals surface area contributed by atoms with Gasteiger partial charge >= 0.3 is 23.9 Å². The smallest absolute Gasteiger partial charge is 0.343 e. The minimum Gasteiger partial charge on any atom is -0.494 e. The van der Waals surface area contributed by atoms with Gasteiger partial charge in [0.05, 0.1) is 35.5 Å². The highest BCUT2D eigenvalue weighted by Crippen LogP contribution is 2.24. The first kappa shape index (κ1) is 50.6. The molecule has 0 aliphatic rings. The Balaban J connectivity index is 0.987. The van der Waals surface area contributed by atoms with Crippen molar-refractivity contribution in [1.82, 2.24) is 0 Å². The van der Waals surface area contributed by atoms with E-state index in [4.69, 9.17) is 28.4 Å². The van der Waals surface area contributed by atoms with Crippen LogP contribution >= 0.6 is 0 Å². The van der Waals surface area contributed by atoms with Crippen molar-refractivity contribution in [3.05, 3.63) is 144 Å². The Labute approximate surface area is 390 Å². The van der Waals surface area contributed by atoms with E-state index in [2.05, 4.69) is 13.8 Å². The molecular weight excluding hydrogens is 833 g/mol. The number of unbranched alkanes of at least 4 members (excludes halogenated alkanes) is 16. The van der Waals surface area contributed by atoms with Crippen LogP contribution in [0.15, 0.2) is 121 Å². The number of hydrogen-bond donors (Lipinski definition) is 0. The van der Waals surface area contributed by atoms with E-state index >= 15 is 0 Å². The van der Waals surface area contributed by atoms with E-state index < -0.39 is 23.9 Å². The second kappa shape index (κ2) is 29.2. The van der Waals surface area contributed by atoms with Gasteiger partial charge in [0, 0.05) is 6.07 Å². The summed E-state index contributed by atoms with van der Waals surface area (Å²) >= 11 is 0. The Morgan fingerprint density at radius 1 is 0.303 bits per heavy atom. The lowest BCUT2D eigenvalue weighted by Gasteiger charge is -2.09. The molecule has 5 aromatic carbocycles. The molecule has 0 N–H and O–H groups in total. The van der Waals surface area contributed by atoms with Gasteiger partial charge in [0.25, 0.3) is 0 Å². The van der Waals surface area contributed by atoms with E-state index in [1.165, 1.54) is 144 Å². The van der Waals surface area contributed by atoms with E-state index in [1.54, 1.807) is 66.7 Å². The third-order valence-corrected chi connectivity index (χ3v) is 11.0. The second-order valence-corrected chi connectivity index (χ2v) is 16.5. The number of carbonyl (C=O) groups is 4. The lowest BCUT2D eigenvalue weighted by atomic mass is 10.1. The SMILES string of the molecule is CCCCCCCCCCCOc1ccc(C(=O)Oc2ccc(C(=O)Oc3cccc(OC(=O)c4ccc(OC(=O)c5ccc(OCCCCCCCCCCC)cc5)cc4)c3)cc2)cc1. The molecule has 0 unspecified atom stereocenters. The van der Waals surface area contributed by atoms with E-state index in [9.17, 15) is 19.2 Å². The summed E-state index contributed by atoms with van der Waals surface area (Å²) in [6.07, 6.45) is 22.5. The van der Waals surface area contributed by atoms with Crippen molar-refractivity contribution in [2.75, 3.05) is 13.2 Å². The van der Waals surface area contributed by atoms with Crippen LogP contribution in [0.4, 0.5) is 0 Å². The average molecular weight is 899 g/mol. The summed E-state index contributed by atoms with van der Waals surface area (Å²) in [5.74, 6) is -0.160. The van der Waals surface area contributed by atoms with Gasteiger partial charge in [-0.05, 0) is 122 Å². The zero-order chi connectivity index (χ0) is 46.6. The van der Waals surface area contributed by atoms with E-state index in [0.717, 1.165) is 25.7 Å². The van der Waals surface area contributed by atoms with Crippen molar-refractivity contribution in [3.8, 4) is 34.5 Å². The molecule has 0 spiro atoms. The van der Waals surface area contributed by atoms with Crippen LogP contribution in [0.25, 0.3) is 0 Å². The lowest BCUT2D eigenvalue weighted by molar-refractivity contribution is 0.0723. The molecule has 5 rings (SSSR count). The largest absolute Gasteiger partial charge is 0.494 e. The molecule has 0 fully saturated rings. The van der Waals surface area contributed by atoms with Crippen molar-refractivity contribution in [2.24, 2.45) is 0 Å². The van der Waals surface area contributed by atoms with Crippen LogP contribution in [-0.2, 0) is 0 Å². The predicted molar refractivity (Wildman–Crippen MR) is 257 cm³/mol. The Morgan fingerprint density at radius 2 is 0.561 bits per heavy atom. The van der Waals surface area contributed by atoms with E-state index in [1.807, 2.05) is 0 Å². The maximum Gasteiger partial charge on any atom is 0.343 e. The van der Waals surface area contributed by atoms with Crippen molar-refractivity contribution in [3.63, 3.8) is 0 Å². The number of hydrogen-bond acceptors (Lipinski definition) is 10. The summed E-state index contributed by atoms with van der Waals surface area (Å²) in [6.45, 7) is 5.75. The van der Waals surface area contributed by atoms with Crippen LogP contribution in [0.1, 0.15) is 171 Å². The summed E-state index contributed by atoms with van der Waals surface area (Å²) < 4.78 is 33.8. The fourth-order valence-electron chi connectivity index (χ4n) is 7.16. The molecule has 10 heteroatoms. The molecule has 0 radical (unpaired) electrons. The van der Waals surface area contributed by atoms with Gasteiger partial charge in [0.15, 0.2) is 0 Å². The van der Waals surface area contributed by atoms with Gasteiger partial charge in [-0.3, -0.25) is 0 Å². The minimum absolute atomic E-state index is 0.155. The lowest BCUT2D eigenvalue weighted by Crippen LogP contribution is -2.11. The normalized spacial score (nSPS) is 10.8. The summed E-state index contributed by atoms with van der Waals surface area (Å²) in [5.41, 5.74) is 1.18. The summed E-state index contributed by atoms with van der Waals surface area (Å²) in [6, 6.07) is 31.8. The molecule has 350 valence electrons. The molecule has 66 heavy (non-hydrogen) atoms. The van der Waals surface area contributed by atoms with Crippen molar-refractivity contribution < 1.29 is 47.6 Å². The van der Waals surface area contributed by atoms with Gasteiger partial charge in [-0.25, -0.2) is 19.2 Å². The van der Waals surface area contributed by atoms with Crippen LogP contribution in [0, 0.1) is 0 Å². The quantitative estimate of drug-likeness (QED) is 0.0250. The molecule has 0 aromatic heterocycles. The highest BCUT2D eigenvalue weighted by molar-refractivity contribution is 5.94. The molecular formula is C56H66O10. The number of esters is 4. The Morgan fingerprint density at radius 3 is 0.864 bits per heavy atom. The molecule has 0 aliphatic heterocycles. The van der Waals surface area contributed by atoms with Gasteiger partial charge < -0.3 is 28.4 Å². The Hall–Kier alpha value is -6.42. The third-order valence-electron chi connectivity index (χ3n) is 11.0. The first-order valence-corrected chi connectivity index (χ1v) is 24.0. The molecule has 0 heterocycles. The van der Waals surface area contributed by atoms with Gasteiger partial charge in [0.1, 0.15) is 34.5 Å². The molecule has 0 bridgehead atoms. The fraction of sp³-hybridized carbons (Fsp3) is 0.393. The maximum absolute atomic E-state index is 13.0. The number of rotatable bonds is 30. The topological polar surface area (TPSA) is 124 Å². The van der Waals surface area contributed by atoms with Crippen molar-refractivity contribution in [1.29, 1.82) is 0 Å². The molecule has 10 nitrogen and oxygen atoms in total. The van der Waals surface area contributed by atoms with Gasteiger partial charge in [-0.1, -0.05) is 123 Å². The third kappa shape index (κ3) is 18.6. The molecule has 0 saturated heterocycles. The fourth-order valence-corrected chi connectivity index (χ4v) is 7.16. The molecule has 0 aliphatic carbocycles. The molecule has 0 atom stereocenters. The van der Waals surface area contributed by atoms with Crippen LogP contribution in [0.3, 0.4) is 0 Å². The monoisotopic (exact) mass is 898 g/mol. The van der Waals surface area contributed by atoms with Crippen LogP contribution in [-0.4, -0.2) is 37.1 Å². The van der Waals surface area contributed by atoms with Crippen molar-refractivity contribution >= 4 is 23.9 Å².